The lowest BCUT2D eigenvalue weighted by molar-refractivity contribution is 0.0457. The molecule has 122 valence electrons. The molecule has 1 aliphatic rings. The fourth-order valence-electron chi connectivity index (χ4n) is 3.56. The molecule has 1 aliphatic heterocycles. The smallest absolute Gasteiger partial charge is 0.339 e. The van der Waals surface area contributed by atoms with Gasteiger partial charge in [-0.1, -0.05) is 18.2 Å². The van der Waals surface area contributed by atoms with Crippen LogP contribution in [-0.4, -0.2) is 24.6 Å². The Hall–Kier alpha value is -2.75. The lowest BCUT2D eigenvalue weighted by Gasteiger charge is -2.16. The molecule has 0 radical (unpaired) electrons. The molecular formula is C20H20N2O2. The molecule has 4 nitrogen and oxygen atoms in total. The molecule has 4 rings (SSSR count). The molecule has 2 heterocycles. The van der Waals surface area contributed by atoms with Gasteiger partial charge in [0, 0.05) is 54.6 Å². The van der Waals surface area contributed by atoms with Gasteiger partial charge in [0.25, 0.3) is 0 Å². The third-order valence-corrected chi connectivity index (χ3v) is 4.99. The van der Waals surface area contributed by atoms with Gasteiger partial charge in [0.05, 0.1) is 5.56 Å². The highest BCUT2D eigenvalue weighted by Crippen LogP contribution is 2.42. The minimum atomic E-state index is -0.349. The molecule has 3 aromatic rings. The van der Waals surface area contributed by atoms with Crippen LogP contribution in [-0.2, 0) is 11.8 Å². The van der Waals surface area contributed by atoms with E-state index < -0.39 is 0 Å². The van der Waals surface area contributed by atoms with Gasteiger partial charge in [0.2, 0.25) is 0 Å². The third-order valence-electron chi connectivity index (χ3n) is 4.99. The summed E-state index contributed by atoms with van der Waals surface area (Å²) in [5.41, 5.74) is 6.03. The number of aromatic nitrogens is 1. The molecule has 0 amide bonds. The SMILES string of the molecule is Cc1c(C2OC(=O)c3ccc(N(C)C)cc32)c2ccccc2n1C. The highest BCUT2D eigenvalue weighted by atomic mass is 16.5. The Bertz CT molecular complexity index is 969. The van der Waals surface area contributed by atoms with E-state index in [0.717, 1.165) is 33.4 Å². The van der Waals surface area contributed by atoms with Gasteiger partial charge in [-0.3, -0.25) is 0 Å². The lowest BCUT2D eigenvalue weighted by Crippen LogP contribution is -2.09. The Morgan fingerprint density at radius 1 is 1.12 bits per heavy atom. The molecule has 1 unspecified atom stereocenters. The van der Waals surface area contributed by atoms with Crippen molar-refractivity contribution >= 4 is 22.6 Å². The van der Waals surface area contributed by atoms with Crippen molar-refractivity contribution in [1.82, 2.24) is 4.57 Å². The van der Waals surface area contributed by atoms with Crippen LogP contribution in [0.5, 0.6) is 0 Å². The molecule has 2 aromatic carbocycles. The fourth-order valence-corrected chi connectivity index (χ4v) is 3.56. The minimum absolute atomic E-state index is 0.243. The Morgan fingerprint density at radius 3 is 2.62 bits per heavy atom. The van der Waals surface area contributed by atoms with E-state index in [1.807, 2.05) is 43.3 Å². The van der Waals surface area contributed by atoms with E-state index in [4.69, 9.17) is 4.74 Å². The van der Waals surface area contributed by atoms with Gasteiger partial charge in [-0.25, -0.2) is 4.79 Å². The molecule has 0 saturated carbocycles. The Morgan fingerprint density at radius 2 is 1.88 bits per heavy atom. The van der Waals surface area contributed by atoms with Crippen molar-refractivity contribution in [3.63, 3.8) is 0 Å². The van der Waals surface area contributed by atoms with E-state index in [1.165, 1.54) is 0 Å². The Labute approximate surface area is 141 Å². The van der Waals surface area contributed by atoms with Gasteiger partial charge in [0.1, 0.15) is 0 Å². The van der Waals surface area contributed by atoms with Crippen LogP contribution in [0.15, 0.2) is 42.5 Å². The van der Waals surface area contributed by atoms with Crippen LogP contribution in [0.1, 0.15) is 33.3 Å². The number of rotatable bonds is 2. The highest BCUT2D eigenvalue weighted by molar-refractivity contribution is 5.97. The van der Waals surface area contributed by atoms with Gasteiger partial charge in [0.15, 0.2) is 6.10 Å². The molecule has 1 atom stereocenters. The van der Waals surface area contributed by atoms with E-state index in [9.17, 15) is 4.79 Å². The zero-order valence-electron chi connectivity index (χ0n) is 14.3. The summed E-state index contributed by atoms with van der Waals surface area (Å²) >= 11 is 0. The normalized spacial score (nSPS) is 16.3. The van der Waals surface area contributed by atoms with E-state index in [-0.39, 0.29) is 12.1 Å². The molecule has 1 aromatic heterocycles. The molecule has 0 spiro atoms. The monoisotopic (exact) mass is 320 g/mol. The van der Waals surface area contributed by atoms with E-state index in [2.05, 4.69) is 36.7 Å². The summed E-state index contributed by atoms with van der Waals surface area (Å²) in [5, 5.41) is 1.14. The molecule has 4 heteroatoms. The number of benzene rings is 2. The van der Waals surface area contributed by atoms with Crippen molar-refractivity contribution in [1.29, 1.82) is 0 Å². The first-order valence-electron chi connectivity index (χ1n) is 8.05. The van der Waals surface area contributed by atoms with Crippen molar-refractivity contribution in [2.75, 3.05) is 19.0 Å². The standard InChI is InChI=1S/C20H20N2O2/c1-12-18(15-7-5-6-8-17(15)22(12)4)19-16-11-13(21(2)3)9-10-14(16)20(23)24-19/h5-11,19H,1-4H3. The second-order valence-corrected chi connectivity index (χ2v) is 6.53. The number of fused-ring (bicyclic) bond motifs is 2. The van der Waals surface area contributed by atoms with Crippen LogP contribution < -0.4 is 4.90 Å². The summed E-state index contributed by atoms with van der Waals surface area (Å²) in [5.74, 6) is -0.243. The second kappa shape index (κ2) is 5.13. The van der Waals surface area contributed by atoms with Crippen LogP contribution in [0.2, 0.25) is 0 Å². The number of nitrogens with zero attached hydrogens (tertiary/aromatic N) is 2. The maximum absolute atomic E-state index is 12.3. The van der Waals surface area contributed by atoms with Gasteiger partial charge in [-0.2, -0.15) is 0 Å². The maximum atomic E-state index is 12.3. The van der Waals surface area contributed by atoms with Crippen molar-refractivity contribution in [2.45, 2.75) is 13.0 Å². The summed E-state index contributed by atoms with van der Waals surface area (Å²) in [6, 6.07) is 14.1. The molecular weight excluding hydrogens is 300 g/mol. The van der Waals surface area contributed by atoms with Gasteiger partial charge in [-0.05, 0) is 31.2 Å². The van der Waals surface area contributed by atoms with E-state index >= 15 is 0 Å². The predicted octanol–water partition coefficient (Wildman–Crippen LogP) is 3.81. The highest BCUT2D eigenvalue weighted by Gasteiger charge is 2.35. The zero-order chi connectivity index (χ0) is 17.0. The van der Waals surface area contributed by atoms with Gasteiger partial charge >= 0.3 is 5.97 Å². The second-order valence-electron chi connectivity index (χ2n) is 6.53. The first kappa shape index (κ1) is 14.8. The molecule has 24 heavy (non-hydrogen) atoms. The van der Waals surface area contributed by atoms with Crippen molar-refractivity contribution in [3.8, 4) is 0 Å². The number of ether oxygens (including phenoxy) is 1. The summed E-state index contributed by atoms with van der Waals surface area (Å²) in [4.78, 5) is 14.4. The van der Waals surface area contributed by atoms with Crippen LogP contribution in [0.4, 0.5) is 5.69 Å². The van der Waals surface area contributed by atoms with Crippen molar-refractivity contribution in [2.24, 2.45) is 7.05 Å². The number of cyclic esters (lactones) is 1. The molecule has 0 saturated heterocycles. The number of anilines is 1. The summed E-state index contributed by atoms with van der Waals surface area (Å²) in [6.45, 7) is 2.08. The first-order chi connectivity index (χ1) is 11.5. The number of carbonyl (C=O) groups excluding carboxylic acids is 1. The first-order valence-corrected chi connectivity index (χ1v) is 8.05. The van der Waals surface area contributed by atoms with E-state index in [1.54, 1.807) is 0 Å². The van der Waals surface area contributed by atoms with Gasteiger partial charge < -0.3 is 14.2 Å². The molecule has 0 N–H and O–H groups in total. The zero-order valence-corrected chi connectivity index (χ0v) is 14.3. The third kappa shape index (κ3) is 1.96. The number of para-hydroxylation sites is 1. The van der Waals surface area contributed by atoms with Crippen LogP contribution in [0, 0.1) is 6.92 Å². The van der Waals surface area contributed by atoms with E-state index in [0.29, 0.717) is 5.56 Å². The van der Waals surface area contributed by atoms with Crippen LogP contribution in [0.25, 0.3) is 10.9 Å². The minimum Gasteiger partial charge on any atom is -0.449 e. The number of esters is 1. The average molecular weight is 320 g/mol. The van der Waals surface area contributed by atoms with Crippen molar-refractivity contribution < 1.29 is 9.53 Å². The topological polar surface area (TPSA) is 34.5 Å². The molecule has 0 fully saturated rings. The number of carbonyl (C=O) groups is 1. The number of aryl methyl sites for hydroxylation is 1. The van der Waals surface area contributed by atoms with Crippen molar-refractivity contribution in [3.05, 3.63) is 64.8 Å². The Balaban J connectivity index is 1.96. The fraction of sp³-hybridized carbons (Fsp3) is 0.250. The quantitative estimate of drug-likeness (QED) is 0.673. The maximum Gasteiger partial charge on any atom is 0.339 e. The number of hydrogen-bond donors (Lipinski definition) is 0. The predicted molar refractivity (Wildman–Crippen MR) is 95.7 cm³/mol. The number of hydrogen-bond acceptors (Lipinski definition) is 3. The average Bonchev–Trinajstić information content (AvgIpc) is 3.03. The Kier molecular flexibility index (Phi) is 3.17. The summed E-state index contributed by atoms with van der Waals surface area (Å²) in [7, 11) is 6.05. The largest absolute Gasteiger partial charge is 0.449 e. The summed E-state index contributed by atoms with van der Waals surface area (Å²) in [6.07, 6.45) is -0.349. The summed E-state index contributed by atoms with van der Waals surface area (Å²) < 4.78 is 7.94. The molecule has 0 bridgehead atoms. The lowest BCUT2D eigenvalue weighted by atomic mass is 9.96. The molecule has 0 aliphatic carbocycles. The van der Waals surface area contributed by atoms with Gasteiger partial charge in [-0.15, -0.1) is 0 Å². The van der Waals surface area contributed by atoms with Crippen LogP contribution >= 0.6 is 0 Å². The van der Waals surface area contributed by atoms with Crippen LogP contribution in [0.3, 0.4) is 0 Å².